The third-order valence-corrected chi connectivity index (χ3v) is 3.26. The normalized spacial score (nSPS) is 10.4. The number of nitrogens with zero attached hydrogens (tertiary/aromatic N) is 2. The first-order valence-corrected chi connectivity index (χ1v) is 7.00. The van der Waals surface area contributed by atoms with Gasteiger partial charge in [-0.3, -0.25) is 10.1 Å². The molecule has 5 nitrogen and oxygen atoms in total. The van der Waals surface area contributed by atoms with Crippen molar-refractivity contribution in [1.29, 1.82) is 0 Å². The molecule has 0 unspecified atom stereocenters. The lowest BCUT2D eigenvalue weighted by molar-refractivity contribution is -0.384. The first-order valence-electron chi connectivity index (χ1n) is 7.00. The number of nitrogens with one attached hydrogen (secondary N) is 1. The van der Waals surface area contributed by atoms with Crippen LogP contribution in [-0.2, 0) is 0 Å². The lowest BCUT2D eigenvalue weighted by atomic mass is 10.0. The molecule has 0 atom stereocenters. The zero-order chi connectivity index (χ0) is 15.4. The van der Waals surface area contributed by atoms with E-state index in [1.54, 1.807) is 6.07 Å². The molecule has 0 saturated heterocycles. The van der Waals surface area contributed by atoms with E-state index in [2.05, 4.69) is 17.2 Å². The molecule has 2 aromatic rings. The number of rotatable bonds is 5. The van der Waals surface area contributed by atoms with Crippen LogP contribution in [0.2, 0.25) is 0 Å². The molecule has 0 amide bonds. The van der Waals surface area contributed by atoms with Gasteiger partial charge in [0.1, 0.15) is 5.82 Å². The number of hydrogen-bond acceptors (Lipinski definition) is 4. The van der Waals surface area contributed by atoms with Crippen LogP contribution in [0.4, 0.5) is 11.5 Å². The molecule has 0 spiro atoms. The van der Waals surface area contributed by atoms with Gasteiger partial charge < -0.3 is 5.32 Å². The van der Waals surface area contributed by atoms with E-state index < -0.39 is 0 Å². The van der Waals surface area contributed by atoms with Crippen molar-refractivity contribution in [3.05, 3.63) is 51.6 Å². The molecule has 0 fully saturated rings. The van der Waals surface area contributed by atoms with Crippen molar-refractivity contribution in [2.75, 3.05) is 11.9 Å². The van der Waals surface area contributed by atoms with Crippen molar-refractivity contribution in [3.8, 4) is 11.3 Å². The van der Waals surface area contributed by atoms with Gasteiger partial charge in [-0.25, -0.2) is 4.98 Å². The summed E-state index contributed by atoms with van der Waals surface area (Å²) in [6.45, 7) is 6.79. The van der Waals surface area contributed by atoms with E-state index in [4.69, 9.17) is 0 Å². The molecular weight excluding hydrogens is 266 g/mol. The summed E-state index contributed by atoms with van der Waals surface area (Å²) in [6, 6.07) is 9.01. The summed E-state index contributed by atoms with van der Waals surface area (Å²) in [4.78, 5) is 15.3. The van der Waals surface area contributed by atoms with Crippen molar-refractivity contribution in [3.63, 3.8) is 0 Å². The molecule has 0 aliphatic heterocycles. The van der Waals surface area contributed by atoms with Crippen LogP contribution in [0.25, 0.3) is 11.3 Å². The van der Waals surface area contributed by atoms with Crippen LogP contribution in [0, 0.1) is 24.0 Å². The topological polar surface area (TPSA) is 68.1 Å². The lowest BCUT2D eigenvalue weighted by Gasteiger charge is -2.10. The van der Waals surface area contributed by atoms with Gasteiger partial charge in [-0.05, 0) is 31.9 Å². The molecule has 5 heteroatoms. The average molecular weight is 285 g/mol. The molecule has 2 rings (SSSR count). The molecule has 1 heterocycles. The number of pyridine rings is 1. The van der Waals surface area contributed by atoms with Gasteiger partial charge in [-0.1, -0.05) is 30.7 Å². The summed E-state index contributed by atoms with van der Waals surface area (Å²) in [5.74, 6) is 0.664. The third-order valence-electron chi connectivity index (χ3n) is 3.26. The molecular formula is C16H19N3O2. The second-order valence-electron chi connectivity index (χ2n) is 5.07. The minimum atomic E-state index is -0.384. The Bertz CT molecular complexity index is 669. The fourth-order valence-corrected chi connectivity index (χ4v) is 2.23. The summed E-state index contributed by atoms with van der Waals surface area (Å²) >= 11 is 0. The Morgan fingerprint density at radius 2 is 2.00 bits per heavy atom. The van der Waals surface area contributed by atoms with Crippen LogP contribution in [0.5, 0.6) is 0 Å². The summed E-state index contributed by atoms with van der Waals surface area (Å²) in [7, 11) is 0. The molecule has 110 valence electrons. The number of aromatic nitrogens is 1. The van der Waals surface area contributed by atoms with Crippen LogP contribution in [0.1, 0.15) is 24.5 Å². The quantitative estimate of drug-likeness (QED) is 0.663. The van der Waals surface area contributed by atoms with Crippen molar-refractivity contribution in [1.82, 2.24) is 4.98 Å². The molecule has 0 aliphatic rings. The van der Waals surface area contributed by atoms with Crippen LogP contribution in [-0.4, -0.2) is 16.5 Å². The molecule has 1 N–H and O–H groups in total. The minimum absolute atomic E-state index is 0.0315. The predicted molar refractivity (Wildman–Crippen MR) is 84.6 cm³/mol. The fraction of sp³-hybridized carbons (Fsp3) is 0.312. The van der Waals surface area contributed by atoms with E-state index in [-0.39, 0.29) is 10.6 Å². The fourth-order valence-electron chi connectivity index (χ4n) is 2.23. The van der Waals surface area contributed by atoms with Gasteiger partial charge in [0.2, 0.25) is 0 Å². The van der Waals surface area contributed by atoms with E-state index in [1.807, 2.05) is 32.0 Å². The van der Waals surface area contributed by atoms with Crippen LogP contribution in [0.3, 0.4) is 0 Å². The Kier molecular flexibility index (Phi) is 4.52. The van der Waals surface area contributed by atoms with Gasteiger partial charge in [0, 0.05) is 18.2 Å². The number of aryl methyl sites for hydroxylation is 2. The molecule has 0 aliphatic carbocycles. The first kappa shape index (κ1) is 15.0. The zero-order valence-electron chi connectivity index (χ0n) is 12.5. The Morgan fingerprint density at radius 3 is 2.62 bits per heavy atom. The average Bonchev–Trinajstić information content (AvgIpc) is 2.44. The molecule has 0 bridgehead atoms. The van der Waals surface area contributed by atoms with Crippen LogP contribution >= 0.6 is 0 Å². The first-order chi connectivity index (χ1) is 10.0. The van der Waals surface area contributed by atoms with Gasteiger partial charge in [-0.15, -0.1) is 0 Å². The van der Waals surface area contributed by atoms with Crippen molar-refractivity contribution >= 4 is 11.5 Å². The Hall–Kier alpha value is -2.43. The monoisotopic (exact) mass is 285 g/mol. The number of anilines is 1. The van der Waals surface area contributed by atoms with Crippen molar-refractivity contribution < 1.29 is 4.92 Å². The third kappa shape index (κ3) is 3.37. The Balaban J connectivity index is 2.54. The summed E-state index contributed by atoms with van der Waals surface area (Å²) < 4.78 is 0. The van der Waals surface area contributed by atoms with E-state index in [9.17, 15) is 10.1 Å². The number of hydrogen-bond donors (Lipinski definition) is 1. The Labute approximate surface area is 124 Å². The maximum Gasteiger partial charge on any atom is 0.295 e. The van der Waals surface area contributed by atoms with E-state index in [1.165, 1.54) is 6.07 Å². The second kappa shape index (κ2) is 6.35. The molecule has 21 heavy (non-hydrogen) atoms. The standard InChI is InChI=1S/C16H19N3O2/c1-4-9-17-15-8-7-14(19(20)21)16(18-15)13-6-5-11(2)10-12(13)3/h5-8,10H,4,9H2,1-3H3,(H,17,18). The van der Waals surface area contributed by atoms with E-state index >= 15 is 0 Å². The molecule has 0 saturated carbocycles. The maximum atomic E-state index is 11.2. The smallest absolute Gasteiger partial charge is 0.295 e. The highest BCUT2D eigenvalue weighted by atomic mass is 16.6. The molecule has 1 aromatic heterocycles. The van der Waals surface area contributed by atoms with Gasteiger partial charge in [0.15, 0.2) is 5.69 Å². The van der Waals surface area contributed by atoms with E-state index in [0.29, 0.717) is 11.5 Å². The summed E-state index contributed by atoms with van der Waals surface area (Å²) in [5, 5.41) is 14.4. The highest BCUT2D eigenvalue weighted by Crippen LogP contribution is 2.31. The lowest BCUT2D eigenvalue weighted by Crippen LogP contribution is -2.04. The largest absolute Gasteiger partial charge is 0.370 e. The molecule has 1 aromatic carbocycles. The Morgan fingerprint density at radius 1 is 1.24 bits per heavy atom. The second-order valence-corrected chi connectivity index (χ2v) is 5.07. The highest BCUT2D eigenvalue weighted by Gasteiger charge is 2.19. The minimum Gasteiger partial charge on any atom is -0.370 e. The SMILES string of the molecule is CCCNc1ccc([N+](=O)[O-])c(-c2ccc(C)cc2C)n1. The molecule has 0 radical (unpaired) electrons. The van der Waals surface area contributed by atoms with Crippen molar-refractivity contribution in [2.24, 2.45) is 0 Å². The summed E-state index contributed by atoms with van der Waals surface area (Å²) in [5.41, 5.74) is 3.35. The van der Waals surface area contributed by atoms with Gasteiger partial charge >= 0.3 is 0 Å². The van der Waals surface area contributed by atoms with Crippen LogP contribution in [0.15, 0.2) is 30.3 Å². The predicted octanol–water partition coefficient (Wildman–Crippen LogP) is 4.10. The number of benzene rings is 1. The van der Waals surface area contributed by atoms with Gasteiger partial charge in [-0.2, -0.15) is 0 Å². The maximum absolute atomic E-state index is 11.2. The summed E-state index contributed by atoms with van der Waals surface area (Å²) in [6.07, 6.45) is 0.970. The number of nitro groups is 1. The van der Waals surface area contributed by atoms with Gasteiger partial charge in [0.25, 0.3) is 5.69 Å². The van der Waals surface area contributed by atoms with Crippen LogP contribution < -0.4 is 5.32 Å². The van der Waals surface area contributed by atoms with Gasteiger partial charge in [0.05, 0.1) is 4.92 Å². The van der Waals surface area contributed by atoms with Crippen molar-refractivity contribution in [2.45, 2.75) is 27.2 Å². The zero-order valence-corrected chi connectivity index (χ0v) is 12.5. The van der Waals surface area contributed by atoms with E-state index in [0.717, 1.165) is 29.7 Å². The highest BCUT2D eigenvalue weighted by molar-refractivity contribution is 5.74.